The fourth-order valence-corrected chi connectivity index (χ4v) is 2.60. The van der Waals surface area contributed by atoms with Gasteiger partial charge in [0.05, 0.1) is 11.1 Å². The Hall–Kier alpha value is -3.28. The van der Waals surface area contributed by atoms with E-state index in [0.29, 0.717) is 17.2 Å². The summed E-state index contributed by atoms with van der Waals surface area (Å²) in [5.74, 6) is 1.13. The monoisotopic (exact) mass is 318 g/mol. The van der Waals surface area contributed by atoms with E-state index in [9.17, 15) is 5.11 Å². The third-order valence-electron chi connectivity index (χ3n) is 3.87. The van der Waals surface area contributed by atoms with Gasteiger partial charge < -0.3 is 9.63 Å². The highest BCUT2D eigenvalue weighted by Crippen LogP contribution is 2.27. The van der Waals surface area contributed by atoms with Gasteiger partial charge in [-0.2, -0.15) is 4.98 Å². The highest BCUT2D eigenvalue weighted by Gasteiger charge is 2.14. The molecule has 0 saturated carbocycles. The summed E-state index contributed by atoms with van der Waals surface area (Å²) in [6.45, 7) is 2.06. The summed E-state index contributed by atoms with van der Waals surface area (Å²) in [6.07, 6.45) is 6.03. The molecule has 0 spiro atoms. The average Bonchev–Trinajstić information content (AvgIpc) is 3.11. The third kappa shape index (κ3) is 2.48. The van der Waals surface area contributed by atoms with Crippen molar-refractivity contribution in [3.63, 3.8) is 0 Å². The highest BCUT2D eigenvalue weighted by molar-refractivity contribution is 5.83. The van der Waals surface area contributed by atoms with E-state index in [2.05, 4.69) is 27.0 Å². The van der Waals surface area contributed by atoms with Gasteiger partial charge in [-0.1, -0.05) is 12.1 Å². The Bertz CT molecular complexity index is 1030. The minimum Gasteiger partial charge on any atom is -0.508 e. The van der Waals surface area contributed by atoms with Crippen molar-refractivity contribution in [1.29, 1.82) is 0 Å². The number of aromatic hydroxyl groups is 1. The number of pyridine rings is 2. The Balaban J connectivity index is 1.76. The minimum atomic E-state index is 0.188. The van der Waals surface area contributed by atoms with Gasteiger partial charge in [0.15, 0.2) is 0 Å². The van der Waals surface area contributed by atoms with Crippen molar-refractivity contribution in [3.05, 3.63) is 54.5 Å². The summed E-state index contributed by atoms with van der Waals surface area (Å²) < 4.78 is 5.41. The van der Waals surface area contributed by atoms with Crippen molar-refractivity contribution in [2.24, 2.45) is 0 Å². The zero-order valence-electron chi connectivity index (χ0n) is 13.0. The zero-order valence-corrected chi connectivity index (χ0v) is 13.0. The Morgan fingerprint density at radius 1 is 1.12 bits per heavy atom. The smallest absolute Gasteiger partial charge is 0.259 e. The predicted molar refractivity (Wildman–Crippen MR) is 89.3 cm³/mol. The van der Waals surface area contributed by atoms with Crippen molar-refractivity contribution in [2.45, 2.75) is 13.3 Å². The van der Waals surface area contributed by atoms with Crippen LogP contribution in [0.3, 0.4) is 0 Å². The summed E-state index contributed by atoms with van der Waals surface area (Å²) in [5.41, 5.74) is 3.43. The number of hydrogen-bond acceptors (Lipinski definition) is 6. The quantitative estimate of drug-likeness (QED) is 0.621. The van der Waals surface area contributed by atoms with E-state index in [1.54, 1.807) is 30.6 Å². The number of hydrogen-bond donors (Lipinski definition) is 1. The van der Waals surface area contributed by atoms with Gasteiger partial charge in [-0.25, -0.2) is 0 Å². The van der Waals surface area contributed by atoms with Gasteiger partial charge >= 0.3 is 0 Å². The van der Waals surface area contributed by atoms with Crippen LogP contribution in [0.5, 0.6) is 5.75 Å². The number of fused-ring (bicyclic) bond motifs is 1. The first-order chi connectivity index (χ1) is 11.7. The third-order valence-corrected chi connectivity index (χ3v) is 3.87. The van der Waals surface area contributed by atoms with Gasteiger partial charge in [-0.15, -0.1) is 0 Å². The Labute approximate surface area is 137 Å². The molecule has 118 valence electrons. The first kappa shape index (κ1) is 14.3. The molecule has 0 radical (unpaired) electrons. The fraction of sp³-hybridized carbons (Fsp3) is 0.111. The summed E-state index contributed by atoms with van der Waals surface area (Å²) >= 11 is 0. The van der Waals surface area contributed by atoms with Crippen LogP contribution in [0.25, 0.3) is 33.7 Å². The SMILES string of the molecule is CCc1cnccc1-c1noc(-c2cnc3cc(O)ccc3c2)n1. The van der Waals surface area contributed by atoms with Gasteiger partial charge in [-0.05, 0) is 36.2 Å². The summed E-state index contributed by atoms with van der Waals surface area (Å²) in [5, 5.41) is 14.5. The van der Waals surface area contributed by atoms with E-state index < -0.39 is 0 Å². The molecule has 0 amide bonds. The van der Waals surface area contributed by atoms with E-state index >= 15 is 0 Å². The first-order valence-corrected chi connectivity index (χ1v) is 7.60. The number of nitrogens with zero attached hydrogens (tertiary/aromatic N) is 4. The average molecular weight is 318 g/mol. The lowest BCUT2D eigenvalue weighted by Crippen LogP contribution is -1.90. The van der Waals surface area contributed by atoms with E-state index in [0.717, 1.165) is 28.5 Å². The molecule has 0 aliphatic heterocycles. The molecule has 1 aromatic carbocycles. The second kappa shape index (κ2) is 5.73. The van der Waals surface area contributed by atoms with Crippen molar-refractivity contribution >= 4 is 10.9 Å². The molecule has 0 saturated heterocycles. The molecule has 24 heavy (non-hydrogen) atoms. The predicted octanol–water partition coefficient (Wildman–Crippen LogP) is 3.61. The molecule has 3 aromatic heterocycles. The van der Waals surface area contributed by atoms with Crippen molar-refractivity contribution < 1.29 is 9.63 Å². The van der Waals surface area contributed by atoms with Gasteiger partial charge in [-0.3, -0.25) is 9.97 Å². The summed E-state index contributed by atoms with van der Waals surface area (Å²) in [4.78, 5) is 13.0. The van der Waals surface area contributed by atoms with Gasteiger partial charge in [0.25, 0.3) is 5.89 Å². The van der Waals surface area contributed by atoms with Crippen LogP contribution in [0, 0.1) is 0 Å². The maximum absolute atomic E-state index is 9.51. The summed E-state index contributed by atoms with van der Waals surface area (Å²) in [6, 6.07) is 8.83. The zero-order chi connectivity index (χ0) is 16.5. The van der Waals surface area contributed by atoms with Crippen molar-refractivity contribution in [1.82, 2.24) is 20.1 Å². The van der Waals surface area contributed by atoms with Crippen LogP contribution in [0.2, 0.25) is 0 Å². The molecule has 4 rings (SSSR count). The van der Waals surface area contributed by atoms with E-state index in [1.807, 2.05) is 18.3 Å². The maximum Gasteiger partial charge on any atom is 0.259 e. The molecule has 0 fully saturated rings. The van der Waals surface area contributed by atoms with Crippen LogP contribution in [-0.2, 0) is 6.42 Å². The van der Waals surface area contributed by atoms with E-state index in [1.165, 1.54) is 0 Å². The molecule has 6 heteroatoms. The Morgan fingerprint density at radius 3 is 2.92 bits per heavy atom. The van der Waals surface area contributed by atoms with E-state index in [-0.39, 0.29) is 5.75 Å². The minimum absolute atomic E-state index is 0.188. The second-order valence-electron chi connectivity index (χ2n) is 5.41. The first-order valence-electron chi connectivity index (χ1n) is 7.60. The lowest BCUT2D eigenvalue weighted by atomic mass is 10.1. The normalized spacial score (nSPS) is 11.0. The number of phenolic OH excluding ortho intramolecular Hbond substituents is 1. The van der Waals surface area contributed by atoms with Gasteiger partial charge in [0.2, 0.25) is 5.82 Å². The maximum atomic E-state index is 9.51. The fourth-order valence-electron chi connectivity index (χ4n) is 2.60. The molecule has 3 heterocycles. The van der Waals surface area contributed by atoms with Crippen LogP contribution in [-0.4, -0.2) is 25.2 Å². The molecule has 0 bridgehead atoms. The molecular weight excluding hydrogens is 304 g/mol. The number of phenols is 1. The standard InChI is InChI=1S/C18H14N4O2/c1-2-11-9-19-6-5-15(11)17-21-18(24-22-17)13-7-12-3-4-14(23)8-16(12)20-10-13/h3-10,23H,2H2,1H3. The topological polar surface area (TPSA) is 84.9 Å². The molecular formula is C18H14N4O2. The lowest BCUT2D eigenvalue weighted by molar-refractivity contribution is 0.432. The highest BCUT2D eigenvalue weighted by atomic mass is 16.5. The van der Waals surface area contributed by atoms with Gasteiger partial charge in [0, 0.05) is 35.6 Å². The molecule has 0 aliphatic carbocycles. The molecule has 6 nitrogen and oxygen atoms in total. The Kier molecular flexibility index (Phi) is 3.42. The van der Waals surface area contributed by atoms with Gasteiger partial charge in [0.1, 0.15) is 5.75 Å². The van der Waals surface area contributed by atoms with Crippen LogP contribution < -0.4 is 0 Å². The van der Waals surface area contributed by atoms with Crippen LogP contribution >= 0.6 is 0 Å². The molecule has 4 aromatic rings. The number of rotatable bonds is 3. The summed E-state index contributed by atoms with van der Waals surface area (Å²) in [7, 11) is 0. The number of benzene rings is 1. The second-order valence-corrected chi connectivity index (χ2v) is 5.41. The van der Waals surface area contributed by atoms with E-state index in [4.69, 9.17) is 4.52 Å². The molecule has 0 atom stereocenters. The van der Waals surface area contributed by atoms with Crippen molar-refractivity contribution in [2.75, 3.05) is 0 Å². The van der Waals surface area contributed by atoms with Crippen LogP contribution in [0.1, 0.15) is 12.5 Å². The number of aryl methyl sites for hydroxylation is 1. The molecule has 0 unspecified atom stereocenters. The molecule has 0 aliphatic rings. The lowest BCUT2D eigenvalue weighted by Gasteiger charge is -2.01. The van der Waals surface area contributed by atoms with Crippen LogP contribution in [0.4, 0.5) is 0 Å². The molecule has 1 N–H and O–H groups in total. The van der Waals surface area contributed by atoms with Crippen molar-refractivity contribution in [3.8, 4) is 28.6 Å². The number of aromatic nitrogens is 4. The Morgan fingerprint density at radius 2 is 2.04 bits per heavy atom. The van der Waals surface area contributed by atoms with Crippen LogP contribution in [0.15, 0.2) is 53.4 Å². The largest absolute Gasteiger partial charge is 0.508 e.